The molecule has 10 heavy (non-hydrogen) atoms. The predicted molar refractivity (Wildman–Crippen MR) is 43.4 cm³/mol. The van der Waals surface area contributed by atoms with Gasteiger partial charge in [0, 0.05) is 5.70 Å². The fraction of sp³-hybridized carbons (Fsp3) is 0.750. The van der Waals surface area contributed by atoms with Crippen LogP contribution in [-0.2, 0) is 4.74 Å². The van der Waals surface area contributed by atoms with Crippen LogP contribution < -0.4 is 5.73 Å². The van der Waals surface area contributed by atoms with Gasteiger partial charge in [-0.1, -0.05) is 13.8 Å². The van der Waals surface area contributed by atoms with Crippen LogP contribution in [0.15, 0.2) is 12.0 Å². The smallest absolute Gasteiger partial charge is 0.102 e. The summed E-state index contributed by atoms with van der Waals surface area (Å²) in [4.78, 5) is 0. The molecule has 0 fully saturated rings. The van der Waals surface area contributed by atoms with Gasteiger partial charge in [0.2, 0.25) is 0 Å². The molecule has 0 amide bonds. The van der Waals surface area contributed by atoms with Crippen LogP contribution >= 0.6 is 0 Å². The maximum atomic E-state index is 5.39. The Morgan fingerprint density at radius 1 is 1.50 bits per heavy atom. The molecule has 0 spiro atoms. The minimum absolute atomic E-state index is 0.332. The normalized spacial score (nSPS) is 12.2. The van der Waals surface area contributed by atoms with Crippen molar-refractivity contribution >= 4 is 0 Å². The molecule has 0 aromatic heterocycles. The molecular weight excluding hydrogens is 126 g/mol. The highest BCUT2D eigenvalue weighted by Crippen LogP contribution is 2.03. The van der Waals surface area contributed by atoms with E-state index in [0.717, 1.165) is 18.5 Å². The first kappa shape index (κ1) is 9.34. The summed E-state index contributed by atoms with van der Waals surface area (Å²) in [6.07, 6.45) is 4.04. The second-order valence-corrected chi connectivity index (χ2v) is 2.44. The van der Waals surface area contributed by atoms with Crippen LogP contribution in [0.2, 0.25) is 0 Å². The first-order valence-corrected chi connectivity index (χ1v) is 3.78. The highest BCUT2D eigenvalue weighted by atomic mass is 16.5. The summed E-state index contributed by atoms with van der Waals surface area (Å²) in [6, 6.07) is 0. The molecule has 0 radical (unpaired) electrons. The van der Waals surface area contributed by atoms with Gasteiger partial charge in [-0.25, -0.2) is 0 Å². The largest absolute Gasteiger partial charge is 0.496 e. The quantitative estimate of drug-likeness (QED) is 0.611. The zero-order valence-electron chi connectivity index (χ0n) is 7.05. The average Bonchev–Trinajstić information content (AvgIpc) is 1.90. The van der Waals surface area contributed by atoms with E-state index >= 15 is 0 Å². The van der Waals surface area contributed by atoms with E-state index < -0.39 is 0 Å². The monoisotopic (exact) mass is 143 g/mol. The van der Waals surface area contributed by atoms with E-state index in [2.05, 4.69) is 13.8 Å². The van der Waals surface area contributed by atoms with Crippen LogP contribution in [0.25, 0.3) is 0 Å². The van der Waals surface area contributed by atoms with E-state index in [4.69, 9.17) is 10.5 Å². The Morgan fingerprint density at radius 3 is 2.30 bits per heavy atom. The van der Waals surface area contributed by atoms with Crippen LogP contribution in [0, 0.1) is 0 Å². The van der Waals surface area contributed by atoms with Gasteiger partial charge in [-0.2, -0.15) is 0 Å². The second-order valence-electron chi connectivity index (χ2n) is 2.44. The van der Waals surface area contributed by atoms with E-state index in [1.54, 1.807) is 6.26 Å². The van der Waals surface area contributed by atoms with Crippen LogP contribution in [-0.4, -0.2) is 6.10 Å². The van der Waals surface area contributed by atoms with Gasteiger partial charge in [-0.05, 0) is 19.8 Å². The Hall–Kier alpha value is -0.660. The zero-order valence-corrected chi connectivity index (χ0v) is 7.05. The maximum Gasteiger partial charge on any atom is 0.102 e. The number of hydrogen-bond donors (Lipinski definition) is 1. The fourth-order valence-corrected chi connectivity index (χ4v) is 0.685. The Bertz CT molecular complexity index is 102. The van der Waals surface area contributed by atoms with Crippen LogP contribution in [0.5, 0.6) is 0 Å². The fourth-order valence-electron chi connectivity index (χ4n) is 0.685. The van der Waals surface area contributed by atoms with Gasteiger partial charge in [-0.3, -0.25) is 0 Å². The molecular formula is C8H17NO. The maximum absolute atomic E-state index is 5.39. The highest BCUT2D eigenvalue weighted by molar-refractivity contribution is 4.84. The topological polar surface area (TPSA) is 35.2 Å². The molecule has 0 aromatic rings. The summed E-state index contributed by atoms with van der Waals surface area (Å²) in [5, 5.41) is 0. The first-order chi connectivity index (χ1) is 4.70. The van der Waals surface area contributed by atoms with E-state index in [1.807, 2.05) is 6.92 Å². The third-order valence-corrected chi connectivity index (χ3v) is 1.36. The Labute approximate surface area is 63.1 Å². The molecule has 0 aliphatic carbocycles. The Balaban J connectivity index is 3.54. The highest BCUT2D eigenvalue weighted by Gasteiger charge is 1.99. The number of rotatable bonds is 4. The summed E-state index contributed by atoms with van der Waals surface area (Å²) in [5.74, 6) is 0. The predicted octanol–water partition coefficient (Wildman–Crippen LogP) is 2.01. The van der Waals surface area contributed by atoms with Crippen molar-refractivity contribution < 1.29 is 4.74 Å². The molecule has 2 N–H and O–H groups in total. The summed E-state index contributed by atoms with van der Waals surface area (Å²) < 4.78 is 5.31. The second kappa shape index (κ2) is 5.15. The molecule has 2 heteroatoms. The third-order valence-electron chi connectivity index (χ3n) is 1.36. The van der Waals surface area contributed by atoms with Crippen molar-refractivity contribution in [2.24, 2.45) is 5.73 Å². The minimum atomic E-state index is 0.332. The molecule has 0 bridgehead atoms. The van der Waals surface area contributed by atoms with Crippen molar-refractivity contribution in [3.8, 4) is 0 Å². The molecule has 0 unspecified atom stereocenters. The molecule has 0 heterocycles. The summed E-state index contributed by atoms with van der Waals surface area (Å²) in [6.45, 7) is 6.03. The van der Waals surface area contributed by atoms with Crippen molar-refractivity contribution in [2.45, 2.75) is 39.7 Å². The lowest BCUT2D eigenvalue weighted by molar-refractivity contribution is 0.134. The van der Waals surface area contributed by atoms with Gasteiger partial charge in [-0.15, -0.1) is 0 Å². The molecule has 0 rings (SSSR count). The Kier molecular flexibility index (Phi) is 4.81. The molecule has 0 aromatic carbocycles. The lowest BCUT2D eigenvalue weighted by atomic mass is 10.2. The van der Waals surface area contributed by atoms with Gasteiger partial charge in [0.25, 0.3) is 0 Å². The molecule has 0 aliphatic rings. The van der Waals surface area contributed by atoms with Gasteiger partial charge >= 0.3 is 0 Å². The molecule has 0 saturated heterocycles. The SMILES string of the molecule is CCC(CC)O/C=C(/C)N. The van der Waals surface area contributed by atoms with Gasteiger partial charge in [0.1, 0.15) is 6.26 Å². The molecule has 60 valence electrons. The Morgan fingerprint density at radius 2 is 2.00 bits per heavy atom. The third kappa shape index (κ3) is 4.24. The molecule has 0 atom stereocenters. The van der Waals surface area contributed by atoms with Crippen molar-refractivity contribution in [3.63, 3.8) is 0 Å². The van der Waals surface area contributed by atoms with Crippen molar-refractivity contribution in [1.82, 2.24) is 0 Å². The lowest BCUT2D eigenvalue weighted by Crippen LogP contribution is -2.07. The summed E-state index contributed by atoms with van der Waals surface area (Å²) in [5.41, 5.74) is 6.11. The zero-order chi connectivity index (χ0) is 7.98. The summed E-state index contributed by atoms with van der Waals surface area (Å²) >= 11 is 0. The number of hydrogen-bond acceptors (Lipinski definition) is 2. The summed E-state index contributed by atoms with van der Waals surface area (Å²) in [7, 11) is 0. The van der Waals surface area contributed by atoms with Crippen molar-refractivity contribution in [2.75, 3.05) is 0 Å². The lowest BCUT2D eigenvalue weighted by Gasteiger charge is -2.11. The molecule has 0 aliphatic heterocycles. The van der Waals surface area contributed by atoms with Gasteiger partial charge < -0.3 is 10.5 Å². The number of allylic oxidation sites excluding steroid dienone is 1. The van der Waals surface area contributed by atoms with Crippen molar-refractivity contribution in [3.05, 3.63) is 12.0 Å². The van der Waals surface area contributed by atoms with Crippen LogP contribution in [0.4, 0.5) is 0 Å². The minimum Gasteiger partial charge on any atom is -0.496 e. The first-order valence-electron chi connectivity index (χ1n) is 3.78. The standard InChI is InChI=1S/C8H17NO/c1-4-8(5-2)10-6-7(3)9/h6,8H,4-5,9H2,1-3H3/b7-6-. The van der Waals surface area contributed by atoms with Crippen LogP contribution in [0.3, 0.4) is 0 Å². The van der Waals surface area contributed by atoms with Crippen LogP contribution in [0.1, 0.15) is 33.6 Å². The number of nitrogens with two attached hydrogens (primary N) is 1. The van der Waals surface area contributed by atoms with E-state index in [1.165, 1.54) is 0 Å². The van der Waals surface area contributed by atoms with Gasteiger partial charge in [0.15, 0.2) is 0 Å². The number of ether oxygens (including phenoxy) is 1. The van der Waals surface area contributed by atoms with Crippen molar-refractivity contribution in [1.29, 1.82) is 0 Å². The molecule has 2 nitrogen and oxygen atoms in total. The van der Waals surface area contributed by atoms with E-state index in [0.29, 0.717) is 6.10 Å². The van der Waals surface area contributed by atoms with Gasteiger partial charge in [0.05, 0.1) is 6.10 Å². The van der Waals surface area contributed by atoms with E-state index in [-0.39, 0.29) is 0 Å². The average molecular weight is 143 g/mol. The molecule has 0 saturated carbocycles. The van der Waals surface area contributed by atoms with E-state index in [9.17, 15) is 0 Å².